The highest BCUT2D eigenvalue weighted by Gasteiger charge is 2.46. The Hall–Kier alpha value is -3.01. The van der Waals surface area contributed by atoms with Crippen molar-refractivity contribution in [2.24, 2.45) is 0 Å². The topological polar surface area (TPSA) is 137 Å². The summed E-state index contributed by atoms with van der Waals surface area (Å²) in [4.78, 5) is 35.9. The molecule has 0 amide bonds. The Balaban J connectivity index is 1.83. The monoisotopic (exact) mass is 549 g/mol. The SMILES string of the molecule is CC(=O)O[C@@H]1[C@@H](OC(C)=O)[C@H](Sc2ccc(S(=O)(=O)c3ccc(C#N)cc3)cc2)SC[C@H]1OC(C)=O. The molecular formula is C24H23NO8S3. The molecule has 1 saturated heterocycles. The fraction of sp³-hybridized carbons (Fsp3) is 0.333. The first-order chi connectivity index (χ1) is 17.0. The molecular weight excluding hydrogens is 526 g/mol. The van der Waals surface area contributed by atoms with Crippen LogP contribution in [0.25, 0.3) is 0 Å². The third kappa shape index (κ3) is 6.81. The molecule has 9 nitrogen and oxygen atoms in total. The fourth-order valence-electron chi connectivity index (χ4n) is 3.49. The van der Waals surface area contributed by atoms with E-state index in [1.54, 1.807) is 12.1 Å². The number of carbonyl (C=O) groups excluding carboxylic acids is 3. The summed E-state index contributed by atoms with van der Waals surface area (Å²) >= 11 is 2.68. The van der Waals surface area contributed by atoms with E-state index < -0.39 is 50.6 Å². The number of hydrogen-bond donors (Lipinski definition) is 0. The minimum Gasteiger partial charge on any atom is -0.458 e. The zero-order chi connectivity index (χ0) is 26.5. The molecule has 1 aliphatic heterocycles. The third-order valence-electron chi connectivity index (χ3n) is 4.98. The molecule has 0 spiro atoms. The molecule has 2 aromatic carbocycles. The summed E-state index contributed by atoms with van der Waals surface area (Å²) in [6.45, 7) is 3.69. The molecule has 36 heavy (non-hydrogen) atoms. The lowest BCUT2D eigenvalue weighted by Crippen LogP contribution is -2.53. The Kier molecular flexibility index (Phi) is 9.05. The number of carbonyl (C=O) groups is 3. The van der Waals surface area contributed by atoms with Crippen LogP contribution in [0.1, 0.15) is 26.3 Å². The number of hydrogen-bond acceptors (Lipinski definition) is 11. The lowest BCUT2D eigenvalue weighted by molar-refractivity contribution is -0.180. The second kappa shape index (κ2) is 11.8. The van der Waals surface area contributed by atoms with E-state index in [0.717, 1.165) is 0 Å². The van der Waals surface area contributed by atoms with E-state index in [2.05, 4.69) is 0 Å². The lowest BCUT2D eigenvalue weighted by atomic mass is 10.1. The van der Waals surface area contributed by atoms with Crippen molar-refractivity contribution >= 4 is 51.3 Å². The number of esters is 3. The highest BCUT2D eigenvalue weighted by molar-refractivity contribution is 8.17. The van der Waals surface area contributed by atoms with Crippen molar-refractivity contribution in [3.63, 3.8) is 0 Å². The van der Waals surface area contributed by atoms with Gasteiger partial charge >= 0.3 is 17.9 Å². The molecule has 0 bridgehead atoms. The number of nitrogens with zero attached hydrogens (tertiary/aromatic N) is 1. The normalized spacial score (nSPS) is 21.6. The van der Waals surface area contributed by atoms with Gasteiger partial charge in [0.15, 0.2) is 18.3 Å². The van der Waals surface area contributed by atoms with Crippen LogP contribution < -0.4 is 0 Å². The Morgan fingerprint density at radius 3 is 1.86 bits per heavy atom. The van der Waals surface area contributed by atoms with Crippen LogP contribution in [-0.2, 0) is 38.4 Å². The van der Waals surface area contributed by atoms with Gasteiger partial charge in [0.2, 0.25) is 9.84 Å². The molecule has 1 fully saturated rings. The van der Waals surface area contributed by atoms with E-state index >= 15 is 0 Å². The first-order valence-electron chi connectivity index (χ1n) is 10.7. The number of benzene rings is 2. The average Bonchev–Trinajstić information content (AvgIpc) is 2.82. The molecule has 2 aromatic rings. The average molecular weight is 550 g/mol. The van der Waals surface area contributed by atoms with Gasteiger partial charge in [0.05, 0.1) is 26.0 Å². The van der Waals surface area contributed by atoms with Crippen LogP contribution in [0.2, 0.25) is 0 Å². The molecule has 0 N–H and O–H groups in total. The summed E-state index contributed by atoms with van der Waals surface area (Å²) in [6.07, 6.45) is -2.70. The van der Waals surface area contributed by atoms with Crippen LogP contribution in [0, 0.1) is 11.3 Å². The molecule has 1 heterocycles. The number of sulfone groups is 1. The summed E-state index contributed by atoms with van der Waals surface area (Å²) in [5, 5.41) is 8.91. The van der Waals surface area contributed by atoms with Crippen molar-refractivity contribution in [1.82, 2.24) is 0 Å². The van der Waals surface area contributed by atoms with Gasteiger partial charge in [0.1, 0.15) is 0 Å². The van der Waals surface area contributed by atoms with E-state index in [4.69, 9.17) is 19.5 Å². The van der Waals surface area contributed by atoms with Gasteiger partial charge in [0.25, 0.3) is 0 Å². The number of thioether (sulfide) groups is 2. The molecule has 0 radical (unpaired) electrons. The Bertz CT molecular complexity index is 1270. The number of ether oxygens (including phenoxy) is 3. The van der Waals surface area contributed by atoms with Crippen molar-refractivity contribution < 1.29 is 37.0 Å². The molecule has 0 aromatic heterocycles. The van der Waals surface area contributed by atoms with Crippen molar-refractivity contribution in [3.8, 4) is 6.07 Å². The highest BCUT2D eigenvalue weighted by Crippen LogP contribution is 2.42. The minimum absolute atomic E-state index is 0.0698. The van der Waals surface area contributed by atoms with Gasteiger partial charge < -0.3 is 14.2 Å². The first-order valence-corrected chi connectivity index (χ1v) is 14.1. The van der Waals surface area contributed by atoms with Crippen molar-refractivity contribution in [3.05, 3.63) is 54.1 Å². The zero-order valence-electron chi connectivity index (χ0n) is 19.6. The molecule has 0 unspecified atom stereocenters. The third-order valence-corrected chi connectivity index (χ3v) is 9.63. The Morgan fingerprint density at radius 2 is 1.36 bits per heavy atom. The predicted octanol–water partition coefficient (Wildman–Crippen LogP) is 3.35. The summed E-state index contributed by atoms with van der Waals surface area (Å²) in [5.41, 5.74) is 0.357. The zero-order valence-corrected chi connectivity index (χ0v) is 22.0. The second-order valence-corrected chi connectivity index (χ2v) is 12.4. The van der Waals surface area contributed by atoms with Gasteiger partial charge in [-0.2, -0.15) is 5.26 Å². The fourth-order valence-corrected chi connectivity index (χ4v) is 7.53. The van der Waals surface area contributed by atoms with Gasteiger partial charge in [0, 0.05) is 31.4 Å². The minimum atomic E-state index is -3.78. The van der Waals surface area contributed by atoms with Crippen LogP contribution in [0.5, 0.6) is 0 Å². The van der Waals surface area contributed by atoms with Gasteiger partial charge in [-0.15, -0.1) is 23.5 Å². The lowest BCUT2D eigenvalue weighted by Gasteiger charge is -2.39. The maximum Gasteiger partial charge on any atom is 0.303 e. The van der Waals surface area contributed by atoms with E-state index in [1.165, 1.54) is 80.7 Å². The summed E-state index contributed by atoms with van der Waals surface area (Å²) in [6, 6.07) is 13.8. The van der Waals surface area contributed by atoms with Gasteiger partial charge in [-0.3, -0.25) is 14.4 Å². The van der Waals surface area contributed by atoms with E-state index in [0.29, 0.717) is 16.2 Å². The first kappa shape index (κ1) is 27.6. The molecule has 12 heteroatoms. The maximum atomic E-state index is 12.9. The van der Waals surface area contributed by atoms with Crippen LogP contribution >= 0.6 is 23.5 Å². The van der Waals surface area contributed by atoms with E-state index in [1.807, 2.05) is 6.07 Å². The molecule has 0 aliphatic carbocycles. The van der Waals surface area contributed by atoms with Crippen LogP contribution in [-0.4, -0.2) is 55.0 Å². The number of nitriles is 1. The Labute approximate surface area is 217 Å². The largest absolute Gasteiger partial charge is 0.458 e. The van der Waals surface area contributed by atoms with Gasteiger partial charge in [-0.25, -0.2) is 8.42 Å². The van der Waals surface area contributed by atoms with Crippen LogP contribution in [0.3, 0.4) is 0 Å². The second-order valence-electron chi connectivity index (χ2n) is 7.73. The van der Waals surface area contributed by atoms with Crippen LogP contribution in [0.15, 0.2) is 63.2 Å². The Morgan fingerprint density at radius 1 is 0.861 bits per heavy atom. The highest BCUT2D eigenvalue weighted by atomic mass is 32.2. The molecule has 190 valence electrons. The standard InChI is InChI=1S/C24H23NO8S3/c1-14(26)31-21-13-34-24(23(33-16(3)28)22(21)32-15(2)27)35-18-6-10-20(11-7-18)36(29,30)19-8-4-17(12-25)5-9-19/h4-11,21-24H,13H2,1-3H3/t21-,22+,23-,24+/m1/s1. The molecule has 3 rings (SSSR count). The summed E-state index contributed by atoms with van der Waals surface area (Å²) in [7, 11) is -3.78. The predicted molar refractivity (Wildman–Crippen MR) is 132 cm³/mol. The smallest absolute Gasteiger partial charge is 0.303 e. The van der Waals surface area contributed by atoms with E-state index in [-0.39, 0.29) is 9.79 Å². The quantitative estimate of drug-likeness (QED) is 0.371. The van der Waals surface area contributed by atoms with Gasteiger partial charge in [-0.1, -0.05) is 0 Å². The van der Waals surface area contributed by atoms with Crippen molar-refractivity contribution in [2.45, 2.75) is 58.4 Å². The van der Waals surface area contributed by atoms with E-state index in [9.17, 15) is 22.8 Å². The maximum absolute atomic E-state index is 12.9. The molecule has 4 atom stereocenters. The van der Waals surface area contributed by atoms with Crippen molar-refractivity contribution in [1.29, 1.82) is 5.26 Å². The summed E-state index contributed by atoms with van der Waals surface area (Å²) < 4.78 is 41.6. The number of rotatable bonds is 7. The van der Waals surface area contributed by atoms with Gasteiger partial charge in [-0.05, 0) is 48.5 Å². The van der Waals surface area contributed by atoms with Crippen LogP contribution in [0.4, 0.5) is 0 Å². The summed E-state index contributed by atoms with van der Waals surface area (Å²) in [5.74, 6) is -1.44. The molecule has 1 aliphatic rings. The van der Waals surface area contributed by atoms with Crippen molar-refractivity contribution in [2.75, 3.05) is 5.75 Å². The molecule has 0 saturated carbocycles.